The Morgan fingerprint density at radius 2 is 2.17 bits per heavy atom. The van der Waals surface area contributed by atoms with Crippen LogP contribution < -0.4 is 10.1 Å². The zero-order valence-electron chi connectivity index (χ0n) is 11.1. The molecular formula is C15H23NO2. The predicted molar refractivity (Wildman–Crippen MR) is 73.0 cm³/mol. The summed E-state index contributed by atoms with van der Waals surface area (Å²) in [7, 11) is 1.70. The van der Waals surface area contributed by atoms with Gasteiger partial charge >= 0.3 is 0 Å². The highest BCUT2D eigenvalue weighted by Gasteiger charge is 2.24. The van der Waals surface area contributed by atoms with Crippen LogP contribution in [0.5, 0.6) is 5.75 Å². The maximum absolute atomic E-state index is 9.31. The van der Waals surface area contributed by atoms with E-state index in [2.05, 4.69) is 17.4 Å². The third-order valence-corrected chi connectivity index (χ3v) is 3.91. The summed E-state index contributed by atoms with van der Waals surface area (Å²) in [5.74, 6) is 2.03. The molecule has 1 heterocycles. The number of benzene rings is 1. The minimum atomic E-state index is 0.256. The fourth-order valence-electron chi connectivity index (χ4n) is 2.93. The molecule has 1 unspecified atom stereocenters. The summed E-state index contributed by atoms with van der Waals surface area (Å²) >= 11 is 0. The molecule has 0 bridgehead atoms. The molecule has 1 aromatic carbocycles. The van der Waals surface area contributed by atoms with E-state index in [9.17, 15) is 5.11 Å². The number of nitrogens with one attached hydrogen (secondary N) is 1. The SMILES string of the molecule is COc1cccc(C(CCO)C2CCNCC2)c1. The van der Waals surface area contributed by atoms with Crippen molar-refractivity contribution in [1.29, 1.82) is 0 Å². The van der Waals surface area contributed by atoms with Crippen LogP contribution in [0.1, 0.15) is 30.7 Å². The van der Waals surface area contributed by atoms with Crippen LogP contribution in [0.3, 0.4) is 0 Å². The molecule has 3 heteroatoms. The normalized spacial score (nSPS) is 18.6. The van der Waals surface area contributed by atoms with Gasteiger partial charge in [0, 0.05) is 6.61 Å². The van der Waals surface area contributed by atoms with E-state index in [1.54, 1.807) is 7.11 Å². The lowest BCUT2D eigenvalue weighted by Crippen LogP contribution is -2.31. The van der Waals surface area contributed by atoms with Gasteiger partial charge in [-0.1, -0.05) is 12.1 Å². The average molecular weight is 249 g/mol. The van der Waals surface area contributed by atoms with E-state index in [0.717, 1.165) is 25.3 Å². The zero-order valence-corrected chi connectivity index (χ0v) is 11.1. The Balaban J connectivity index is 2.16. The number of rotatable bonds is 5. The minimum Gasteiger partial charge on any atom is -0.497 e. The van der Waals surface area contributed by atoms with Gasteiger partial charge in [-0.25, -0.2) is 0 Å². The molecule has 2 N–H and O–H groups in total. The first kappa shape index (κ1) is 13.4. The van der Waals surface area contributed by atoms with Gasteiger partial charge in [-0.05, 0) is 61.9 Å². The summed E-state index contributed by atoms with van der Waals surface area (Å²) in [6.45, 7) is 2.44. The summed E-state index contributed by atoms with van der Waals surface area (Å²) in [5.41, 5.74) is 1.30. The first-order valence-corrected chi connectivity index (χ1v) is 6.80. The van der Waals surface area contributed by atoms with Crippen LogP contribution in [0.2, 0.25) is 0 Å². The fourth-order valence-corrected chi connectivity index (χ4v) is 2.93. The van der Waals surface area contributed by atoms with Gasteiger partial charge in [0.15, 0.2) is 0 Å². The Bertz CT molecular complexity index is 361. The number of hydrogen-bond donors (Lipinski definition) is 2. The van der Waals surface area contributed by atoms with Crippen LogP contribution >= 0.6 is 0 Å². The summed E-state index contributed by atoms with van der Waals surface area (Å²) < 4.78 is 5.30. The quantitative estimate of drug-likeness (QED) is 0.840. The molecule has 2 rings (SSSR count). The smallest absolute Gasteiger partial charge is 0.119 e. The summed E-state index contributed by atoms with van der Waals surface area (Å²) in [5, 5.41) is 12.7. The van der Waals surface area contributed by atoms with Gasteiger partial charge in [0.2, 0.25) is 0 Å². The molecule has 1 fully saturated rings. The van der Waals surface area contributed by atoms with Crippen LogP contribution in [-0.4, -0.2) is 31.9 Å². The highest BCUT2D eigenvalue weighted by atomic mass is 16.5. The van der Waals surface area contributed by atoms with Crippen LogP contribution in [-0.2, 0) is 0 Å². The van der Waals surface area contributed by atoms with E-state index in [4.69, 9.17) is 4.74 Å². The average Bonchev–Trinajstić information content (AvgIpc) is 2.46. The summed E-state index contributed by atoms with van der Waals surface area (Å²) in [6, 6.07) is 8.29. The zero-order chi connectivity index (χ0) is 12.8. The number of ether oxygens (including phenoxy) is 1. The van der Waals surface area contributed by atoms with E-state index in [1.807, 2.05) is 12.1 Å². The molecule has 3 nitrogen and oxygen atoms in total. The molecule has 1 atom stereocenters. The molecule has 0 saturated carbocycles. The molecule has 100 valence electrons. The second-order valence-electron chi connectivity index (χ2n) is 4.98. The van der Waals surface area contributed by atoms with Crippen molar-refractivity contribution in [2.75, 3.05) is 26.8 Å². The van der Waals surface area contributed by atoms with E-state index >= 15 is 0 Å². The van der Waals surface area contributed by atoms with Gasteiger partial charge < -0.3 is 15.2 Å². The number of hydrogen-bond acceptors (Lipinski definition) is 3. The molecule has 1 aliphatic heterocycles. The minimum absolute atomic E-state index is 0.256. The molecule has 0 amide bonds. The number of aliphatic hydroxyl groups is 1. The summed E-state index contributed by atoms with van der Waals surface area (Å²) in [4.78, 5) is 0. The number of aliphatic hydroxyl groups excluding tert-OH is 1. The topological polar surface area (TPSA) is 41.5 Å². The Morgan fingerprint density at radius 1 is 1.39 bits per heavy atom. The molecule has 1 aromatic rings. The van der Waals surface area contributed by atoms with Crippen molar-refractivity contribution in [2.45, 2.75) is 25.2 Å². The van der Waals surface area contributed by atoms with Gasteiger partial charge in [0.25, 0.3) is 0 Å². The molecule has 1 saturated heterocycles. The Hall–Kier alpha value is -1.06. The Morgan fingerprint density at radius 3 is 2.83 bits per heavy atom. The van der Waals surface area contributed by atoms with E-state index in [1.165, 1.54) is 18.4 Å². The maximum atomic E-state index is 9.31. The lowest BCUT2D eigenvalue weighted by Gasteiger charge is -2.31. The largest absolute Gasteiger partial charge is 0.497 e. The molecule has 0 aliphatic carbocycles. The van der Waals surface area contributed by atoms with Crippen LogP contribution in [0.15, 0.2) is 24.3 Å². The molecule has 18 heavy (non-hydrogen) atoms. The monoisotopic (exact) mass is 249 g/mol. The van der Waals surface area contributed by atoms with E-state index < -0.39 is 0 Å². The van der Waals surface area contributed by atoms with Crippen LogP contribution in [0.25, 0.3) is 0 Å². The second kappa shape index (κ2) is 6.76. The van der Waals surface area contributed by atoms with Crippen LogP contribution in [0.4, 0.5) is 0 Å². The van der Waals surface area contributed by atoms with Crippen LogP contribution in [0, 0.1) is 5.92 Å². The van der Waals surface area contributed by atoms with Crippen molar-refractivity contribution in [3.63, 3.8) is 0 Å². The Kier molecular flexibility index (Phi) is 5.02. The van der Waals surface area contributed by atoms with Gasteiger partial charge in [0.05, 0.1) is 7.11 Å². The first-order valence-electron chi connectivity index (χ1n) is 6.80. The molecular weight excluding hydrogens is 226 g/mol. The van der Waals surface area contributed by atoms with Crippen molar-refractivity contribution in [3.05, 3.63) is 29.8 Å². The standard InChI is InChI=1S/C15H23NO2/c1-18-14-4-2-3-13(11-14)15(7-10-17)12-5-8-16-9-6-12/h2-4,11-12,15-17H,5-10H2,1H3. The van der Waals surface area contributed by atoms with Crippen molar-refractivity contribution in [1.82, 2.24) is 5.32 Å². The molecule has 0 aromatic heterocycles. The lowest BCUT2D eigenvalue weighted by atomic mass is 9.78. The predicted octanol–water partition coefficient (Wildman–Crippen LogP) is 2.16. The summed E-state index contributed by atoms with van der Waals surface area (Å²) in [6.07, 6.45) is 3.24. The van der Waals surface area contributed by atoms with E-state index in [-0.39, 0.29) is 6.61 Å². The number of methoxy groups -OCH3 is 1. The van der Waals surface area contributed by atoms with E-state index in [0.29, 0.717) is 11.8 Å². The highest BCUT2D eigenvalue weighted by Crippen LogP contribution is 2.34. The van der Waals surface area contributed by atoms with Crippen molar-refractivity contribution >= 4 is 0 Å². The van der Waals surface area contributed by atoms with Gasteiger partial charge in [0.1, 0.15) is 5.75 Å². The maximum Gasteiger partial charge on any atom is 0.119 e. The first-order chi connectivity index (χ1) is 8.85. The molecule has 1 aliphatic rings. The second-order valence-corrected chi connectivity index (χ2v) is 4.98. The van der Waals surface area contributed by atoms with Gasteiger partial charge in [-0.3, -0.25) is 0 Å². The van der Waals surface area contributed by atoms with Gasteiger partial charge in [-0.2, -0.15) is 0 Å². The molecule has 0 radical (unpaired) electrons. The van der Waals surface area contributed by atoms with Crippen molar-refractivity contribution in [3.8, 4) is 5.75 Å². The van der Waals surface area contributed by atoms with Crippen molar-refractivity contribution in [2.24, 2.45) is 5.92 Å². The van der Waals surface area contributed by atoms with Crippen molar-refractivity contribution < 1.29 is 9.84 Å². The molecule has 0 spiro atoms. The highest BCUT2D eigenvalue weighted by molar-refractivity contribution is 5.31. The van der Waals surface area contributed by atoms with Gasteiger partial charge in [-0.15, -0.1) is 0 Å². The fraction of sp³-hybridized carbons (Fsp3) is 0.600. The Labute approximate surface area is 109 Å². The third-order valence-electron chi connectivity index (χ3n) is 3.91. The lowest BCUT2D eigenvalue weighted by molar-refractivity contribution is 0.233. The third kappa shape index (κ3) is 3.24. The number of piperidine rings is 1.